The Kier molecular flexibility index (Phi) is 2.81. The van der Waals surface area contributed by atoms with Gasteiger partial charge in [-0.1, -0.05) is 43.5 Å². The molecule has 80 valence electrons. The third kappa shape index (κ3) is 2.28. The number of carbonyl (C=O) groups excluding carboxylic acids is 1. The first kappa shape index (κ1) is 9.14. The van der Waals surface area contributed by atoms with Crippen LogP contribution in [0.3, 0.4) is 0 Å². The molecule has 1 aliphatic rings. The standard InChI is InChI=1S/C14H18O/c1-11-7-5-6-10-13(11)14(15)12-8-3-2-4-9-12/h5-7,10,12H,2-4,8-9H2,1H3/i12D. The summed E-state index contributed by atoms with van der Waals surface area (Å²) >= 11 is 0. The van der Waals surface area contributed by atoms with Gasteiger partial charge in [-0.05, 0) is 25.3 Å². The van der Waals surface area contributed by atoms with Gasteiger partial charge in [-0.2, -0.15) is 0 Å². The number of hydrogen-bond acceptors (Lipinski definition) is 1. The van der Waals surface area contributed by atoms with E-state index in [1.807, 2.05) is 31.2 Å². The molecule has 1 fully saturated rings. The zero-order valence-electron chi connectivity index (χ0n) is 10.3. The van der Waals surface area contributed by atoms with E-state index in [1.54, 1.807) is 0 Å². The van der Waals surface area contributed by atoms with E-state index >= 15 is 0 Å². The minimum Gasteiger partial charge on any atom is -0.294 e. The van der Waals surface area contributed by atoms with Crippen LogP contribution in [0, 0.1) is 12.8 Å². The highest BCUT2D eigenvalue weighted by Crippen LogP contribution is 2.27. The molecule has 1 aromatic carbocycles. The Morgan fingerprint density at radius 2 is 1.93 bits per heavy atom. The van der Waals surface area contributed by atoms with Crippen molar-refractivity contribution in [2.75, 3.05) is 0 Å². The predicted molar refractivity (Wildman–Crippen MR) is 62.1 cm³/mol. The molecule has 0 aromatic heterocycles. The van der Waals surface area contributed by atoms with Gasteiger partial charge in [-0.15, -0.1) is 0 Å². The van der Waals surface area contributed by atoms with Crippen LogP contribution in [0.5, 0.6) is 0 Å². The summed E-state index contributed by atoms with van der Waals surface area (Å²) in [4.78, 5) is 12.4. The van der Waals surface area contributed by atoms with Gasteiger partial charge in [-0.3, -0.25) is 4.79 Å². The highest BCUT2D eigenvalue weighted by molar-refractivity contribution is 5.99. The van der Waals surface area contributed by atoms with E-state index in [0.29, 0.717) is 0 Å². The van der Waals surface area contributed by atoms with Gasteiger partial charge in [0.25, 0.3) is 0 Å². The molecule has 1 heteroatoms. The molecule has 1 nitrogen and oxygen atoms in total. The monoisotopic (exact) mass is 203 g/mol. The average Bonchev–Trinajstić information content (AvgIpc) is 2.30. The summed E-state index contributed by atoms with van der Waals surface area (Å²) in [6.07, 6.45) is 4.64. The van der Waals surface area contributed by atoms with Crippen molar-refractivity contribution in [3.63, 3.8) is 0 Å². The van der Waals surface area contributed by atoms with Crippen molar-refractivity contribution in [3.05, 3.63) is 35.4 Å². The first-order chi connectivity index (χ1) is 7.63. The minimum atomic E-state index is -0.857. The van der Waals surface area contributed by atoms with Gasteiger partial charge in [0.1, 0.15) is 0 Å². The minimum absolute atomic E-state index is 0.0188. The van der Waals surface area contributed by atoms with Gasteiger partial charge >= 0.3 is 0 Å². The third-order valence-corrected chi connectivity index (χ3v) is 3.17. The van der Waals surface area contributed by atoms with Crippen molar-refractivity contribution >= 4 is 5.78 Å². The molecule has 1 saturated carbocycles. The van der Waals surface area contributed by atoms with Gasteiger partial charge in [0.15, 0.2) is 5.78 Å². The first-order valence-electron chi connectivity index (χ1n) is 6.24. The smallest absolute Gasteiger partial charge is 0.166 e. The van der Waals surface area contributed by atoms with Crippen molar-refractivity contribution in [2.24, 2.45) is 5.89 Å². The molecule has 0 unspecified atom stereocenters. The Morgan fingerprint density at radius 3 is 2.60 bits per heavy atom. The molecular formula is C14H18O. The topological polar surface area (TPSA) is 17.1 Å². The summed E-state index contributed by atoms with van der Waals surface area (Å²) < 4.78 is 8.31. The highest BCUT2D eigenvalue weighted by Gasteiger charge is 2.22. The molecule has 0 aliphatic heterocycles. The van der Waals surface area contributed by atoms with Gasteiger partial charge in [0, 0.05) is 12.8 Å². The number of rotatable bonds is 2. The van der Waals surface area contributed by atoms with Crippen LogP contribution >= 0.6 is 0 Å². The Bertz CT molecular complexity index is 391. The van der Waals surface area contributed by atoms with Crippen LogP contribution in [0.4, 0.5) is 0 Å². The lowest BCUT2D eigenvalue weighted by Gasteiger charge is -2.20. The summed E-state index contributed by atoms with van der Waals surface area (Å²) in [6.45, 7) is 1.94. The number of aryl methyl sites for hydroxylation is 1. The van der Waals surface area contributed by atoms with Crippen LogP contribution in [0.15, 0.2) is 24.3 Å². The van der Waals surface area contributed by atoms with Crippen LogP contribution in [-0.4, -0.2) is 5.78 Å². The molecule has 0 atom stereocenters. The number of benzene rings is 1. The predicted octanol–water partition coefficient (Wildman–Crippen LogP) is 3.76. The second-order valence-corrected chi connectivity index (χ2v) is 4.31. The van der Waals surface area contributed by atoms with E-state index < -0.39 is 5.89 Å². The molecule has 0 heterocycles. The van der Waals surface area contributed by atoms with E-state index in [2.05, 4.69) is 0 Å². The molecule has 1 aliphatic carbocycles. The fourth-order valence-electron chi connectivity index (χ4n) is 2.22. The Labute approximate surface area is 92.9 Å². The van der Waals surface area contributed by atoms with Crippen molar-refractivity contribution in [1.82, 2.24) is 0 Å². The van der Waals surface area contributed by atoms with Crippen molar-refractivity contribution in [1.29, 1.82) is 0 Å². The molecule has 0 spiro atoms. The fourth-order valence-corrected chi connectivity index (χ4v) is 2.22. The maximum Gasteiger partial charge on any atom is 0.166 e. The lowest BCUT2D eigenvalue weighted by molar-refractivity contribution is 0.0889. The third-order valence-electron chi connectivity index (χ3n) is 3.17. The number of hydrogen-bond donors (Lipinski definition) is 0. The van der Waals surface area contributed by atoms with Gasteiger partial charge in [0.05, 0.1) is 0 Å². The molecule has 0 radical (unpaired) electrons. The number of Topliss-reactive ketones (excluding diaryl/α,β-unsaturated/α-hetero) is 1. The van der Waals surface area contributed by atoms with E-state index in [9.17, 15) is 4.79 Å². The molecule has 1 aromatic rings. The molecule has 2 rings (SSSR count). The van der Waals surface area contributed by atoms with Gasteiger partial charge in [0.2, 0.25) is 0 Å². The lowest BCUT2D eigenvalue weighted by atomic mass is 9.83. The molecule has 0 bridgehead atoms. The largest absolute Gasteiger partial charge is 0.294 e. The van der Waals surface area contributed by atoms with Crippen molar-refractivity contribution in [3.8, 4) is 0 Å². The summed E-state index contributed by atoms with van der Waals surface area (Å²) in [7, 11) is 0. The highest BCUT2D eigenvalue weighted by atomic mass is 16.1. The zero-order valence-corrected chi connectivity index (χ0v) is 9.25. The zero-order chi connectivity index (χ0) is 11.6. The van der Waals surface area contributed by atoms with Gasteiger partial charge in [-0.25, -0.2) is 0 Å². The van der Waals surface area contributed by atoms with E-state index in [-0.39, 0.29) is 5.78 Å². The van der Waals surface area contributed by atoms with E-state index in [4.69, 9.17) is 1.37 Å². The summed E-state index contributed by atoms with van der Waals surface area (Å²) in [5, 5.41) is 0. The molecular weight excluding hydrogens is 184 g/mol. The average molecular weight is 203 g/mol. The normalized spacial score (nSPS) is 20.7. The van der Waals surface area contributed by atoms with Crippen LogP contribution in [0.25, 0.3) is 0 Å². The number of carbonyl (C=O) groups is 1. The van der Waals surface area contributed by atoms with Crippen LogP contribution in [-0.2, 0) is 0 Å². The lowest BCUT2D eigenvalue weighted by Crippen LogP contribution is -2.18. The van der Waals surface area contributed by atoms with Crippen LogP contribution in [0.1, 0.15) is 49.4 Å². The van der Waals surface area contributed by atoms with Crippen LogP contribution < -0.4 is 0 Å². The summed E-state index contributed by atoms with van der Waals surface area (Å²) in [5.41, 5.74) is 1.73. The fraction of sp³-hybridized carbons (Fsp3) is 0.500. The second-order valence-electron chi connectivity index (χ2n) is 4.31. The van der Waals surface area contributed by atoms with E-state index in [1.165, 1.54) is 6.42 Å². The first-order valence-corrected chi connectivity index (χ1v) is 5.74. The van der Waals surface area contributed by atoms with Crippen LogP contribution in [0.2, 0.25) is 0 Å². The maximum absolute atomic E-state index is 12.4. The Balaban J connectivity index is 2.28. The summed E-state index contributed by atoms with van der Waals surface area (Å²) in [6, 6.07) is 7.61. The molecule has 0 amide bonds. The van der Waals surface area contributed by atoms with Gasteiger partial charge < -0.3 is 0 Å². The van der Waals surface area contributed by atoms with E-state index in [0.717, 1.165) is 36.8 Å². The number of ketones is 1. The summed E-state index contributed by atoms with van der Waals surface area (Å²) in [5.74, 6) is -0.838. The molecule has 0 saturated heterocycles. The Hall–Kier alpha value is -1.11. The quantitative estimate of drug-likeness (QED) is 0.669. The Morgan fingerprint density at radius 1 is 1.27 bits per heavy atom. The maximum atomic E-state index is 12.4. The molecule has 15 heavy (non-hydrogen) atoms. The van der Waals surface area contributed by atoms with Crippen molar-refractivity contribution < 1.29 is 6.17 Å². The SMILES string of the molecule is [2H]C1(C(=O)c2ccccc2C)CCCCC1. The van der Waals surface area contributed by atoms with Crippen molar-refractivity contribution in [2.45, 2.75) is 39.0 Å². The molecule has 0 N–H and O–H groups in total. The second kappa shape index (κ2) is 4.61.